The molecule has 6 nitrogen and oxygen atoms in total. The molecular formula is C8H19N3O3S. The van der Waals surface area contributed by atoms with Gasteiger partial charge in [-0.15, -0.1) is 0 Å². The molecule has 0 aromatic rings. The smallest absolute Gasteiger partial charge is 0.211 e. The van der Waals surface area contributed by atoms with Crippen LogP contribution in [0.25, 0.3) is 0 Å². The molecule has 2 atom stereocenters. The monoisotopic (exact) mass is 237 g/mol. The van der Waals surface area contributed by atoms with Gasteiger partial charge in [-0.05, 0) is 6.42 Å². The van der Waals surface area contributed by atoms with E-state index in [9.17, 15) is 8.42 Å². The molecule has 2 N–H and O–H groups in total. The second-order valence-corrected chi connectivity index (χ2v) is 5.98. The fourth-order valence-corrected chi connectivity index (χ4v) is 2.47. The van der Waals surface area contributed by atoms with Crippen molar-refractivity contribution >= 4 is 10.0 Å². The molecule has 2 unspecified atom stereocenters. The minimum Gasteiger partial charge on any atom is -0.380 e. The molecule has 0 spiro atoms. The molecule has 0 saturated carbocycles. The minimum absolute atomic E-state index is 0.0125. The van der Waals surface area contributed by atoms with Crippen molar-refractivity contribution < 1.29 is 13.2 Å². The normalized spacial score (nSPS) is 28.7. The van der Waals surface area contributed by atoms with Gasteiger partial charge < -0.3 is 4.74 Å². The van der Waals surface area contributed by atoms with Crippen LogP contribution in [0.5, 0.6) is 0 Å². The number of nitrogens with two attached hydrogens (primary N) is 1. The number of hydrogen-bond acceptors (Lipinski definition) is 5. The van der Waals surface area contributed by atoms with E-state index < -0.39 is 10.0 Å². The Labute approximate surface area is 91.0 Å². The lowest BCUT2D eigenvalue weighted by Crippen LogP contribution is -2.57. The third-order valence-corrected chi connectivity index (χ3v) is 4.12. The average Bonchev–Trinajstić information content (AvgIpc) is 2.15. The number of rotatable bonds is 3. The molecule has 0 aromatic carbocycles. The van der Waals surface area contributed by atoms with Crippen molar-refractivity contribution in [2.45, 2.75) is 18.5 Å². The van der Waals surface area contributed by atoms with Gasteiger partial charge in [0.05, 0.1) is 18.9 Å². The molecule has 1 aliphatic rings. The summed E-state index contributed by atoms with van der Waals surface area (Å²) in [6, 6.07) is -0.192. The van der Waals surface area contributed by atoms with Crippen LogP contribution in [0.3, 0.4) is 0 Å². The fourth-order valence-electron chi connectivity index (χ4n) is 1.78. The Morgan fingerprint density at radius 2 is 1.93 bits per heavy atom. The molecule has 0 aliphatic carbocycles. The predicted octanol–water partition coefficient (Wildman–Crippen LogP) is -1.16. The third kappa shape index (κ3) is 3.12. The van der Waals surface area contributed by atoms with Crippen LogP contribution in [-0.2, 0) is 14.8 Å². The first-order valence-corrected chi connectivity index (χ1v) is 6.67. The Hall–Kier alpha value is -0.210. The fraction of sp³-hybridized carbons (Fsp3) is 1.00. The highest BCUT2D eigenvalue weighted by Crippen LogP contribution is 2.17. The van der Waals surface area contributed by atoms with E-state index in [1.54, 1.807) is 19.1 Å². The summed E-state index contributed by atoms with van der Waals surface area (Å²) in [5, 5.41) is 1.56. The Balaban J connectivity index is 2.81. The number of sulfonamides is 1. The molecule has 0 bridgehead atoms. The summed E-state index contributed by atoms with van der Waals surface area (Å²) in [6.45, 7) is 1.02. The van der Waals surface area contributed by atoms with E-state index in [2.05, 4.69) is 0 Å². The first-order chi connectivity index (χ1) is 6.84. The maximum absolute atomic E-state index is 11.4. The van der Waals surface area contributed by atoms with Gasteiger partial charge in [0.25, 0.3) is 0 Å². The van der Waals surface area contributed by atoms with Crippen LogP contribution in [0.2, 0.25) is 0 Å². The van der Waals surface area contributed by atoms with Crippen molar-refractivity contribution in [3.63, 3.8) is 0 Å². The SMILES string of the molecule is CN(N)C1CCOCC1N(C)S(C)(=O)=O. The van der Waals surface area contributed by atoms with Crippen LogP contribution in [0, 0.1) is 0 Å². The first-order valence-electron chi connectivity index (χ1n) is 4.82. The Morgan fingerprint density at radius 3 is 2.40 bits per heavy atom. The topological polar surface area (TPSA) is 75.9 Å². The van der Waals surface area contributed by atoms with Gasteiger partial charge in [0.15, 0.2) is 0 Å². The van der Waals surface area contributed by atoms with E-state index in [-0.39, 0.29) is 12.1 Å². The standard InChI is InChI=1S/C8H19N3O3S/c1-10(9)7-4-5-14-6-8(7)11(2)15(3,12)13/h7-8H,4-6,9H2,1-3H3. The van der Waals surface area contributed by atoms with Crippen LogP contribution in [0.4, 0.5) is 0 Å². The van der Waals surface area contributed by atoms with E-state index in [1.165, 1.54) is 10.6 Å². The van der Waals surface area contributed by atoms with E-state index in [1.807, 2.05) is 0 Å². The van der Waals surface area contributed by atoms with E-state index in [4.69, 9.17) is 10.6 Å². The van der Waals surface area contributed by atoms with Gasteiger partial charge in [0.1, 0.15) is 0 Å². The molecule has 0 aromatic heterocycles. The summed E-state index contributed by atoms with van der Waals surface area (Å²) >= 11 is 0. The molecule has 7 heteroatoms. The highest BCUT2D eigenvalue weighted by atomic mass is 32.2. The molecule has 0 radical (unpaired) electrons. The lowest BCUT2D eigenvalue weighted by molar-refractivity contribution is -0.00548. The summed E-state index contributed by atoms with van der Waals surface area (Å²) < 4.78 is 29.4. The van der Waals surface area contributed by atoms with Gasteiger partial charge in [-0.2, -0.15) is 4.31 Å². The van der Waals surface area contributed by atoms with Crippen LogP contribution >= 0.6 is 0 Å². The summed E-state index contributed by atoms with van der Waals surface area (Å²) in [5.41, 5.74) is 0. The maximum Gasteiger partial charge on any atom is 0.211 e. The van der Waals surface area contributed by atoms with Crippen molar-refractivity contribution in [2.75, 3.05) is 33.6 Å². The number of likely N-dealkylation sites (N-methyl/N-ethyl adjacent to an activating group) is 2. The van der Waals surface area contributed by atoms with Crippen LogP contribution < -0.4 is 5.84 Å². The molecule has 1 heterocycles. The second kappa shape index (κ2) is 4.75. The van der Waals surface area contributed by atoms with Crippen molar-refractivity contribution in [1.82, 2.24) is 9.31 Å². The van der Waals surface area contributed by atoms with E-state index in [0.717, 1.165) is 6.42 Å². The zero-order valence-electron chi connectivity index (χ0n) is 9.38. The molecule has 1 rings (SSSR count). The van der Waals surface area contributed by atoms with Crippen LogP contribution in [-0.4, -0.2) is 63.4 Å². The highest BCUT2D eigenvalue weighted by molar-refractivity contribution is 7.88. The molecular weight excluding hydrogens is 218 g/mol. The average molecular weight is 237 g/mol. The minimum atomic E-state index is -3.20. The zero-order chi connectivity index (χ0) is 11.6. The molecule has 1 aliphatic heterocycles. The highest BCUT2D eigenvalue weighted by Gasteiger charge is 2.34. The van der Waals surface area contributed by atoms with E-state index >= 15 is 0 Å². The van der Waals surface area contributed by atoms with Crippen molar-refractivity contribution in [3.8, 4) is 0 Å². The largest absolute Gasteiger partial charge is 0.380 e. The molecule has 15 heavy (non-hydrogen) atoms. The lowest BCUT2D eigenvalue weighted by atomic mass is 10.0. The predicted molar refractivity (Wildman–Crippen MR) is 57.6 cm³/mol. The molecule has 90 valence electrons. The number of hydrogen-bond donors (Lipinski definition) is 1. The number of nitrogens with zero attached hydrogens (tertiary/aromatic N) is 2. The van der Waals surface area contributed by atoms with Crippen molar-refractivity contribution in [1.29, 1.82) is 0 Å². The summed E-state index contributed by atoms with van der Waals surface area (Å²) in [7, 11) is 0.112. The first kappa shape index (κ1) is 12.9. The molecule has 0 amide bonds. The Kier molecular flexibility index (Phi) is 4.07. The van der Waals surface area contributed by atoms with Crippen molar-refractivity contribution in [2.24, 2.45) is 5.84 Å². The van der Waals surface area contributed by atoms with Gasteiger partial charge >= 0.3 is 0 Å². The lowest BCUT2D eigenvalue weighted by Gasteiger charge is -2.39. The zero-order valence-corrected chi connectivity index (χ0v) is 10.2. The van der Waals surface area contributed by atoms with Gasteiger partial charge in [0.2, 0.25) is 10.0 Å². The third-order valence-electron chi connectivity index (χ3n) is 2.80. The van der Waals surface area contributed by atoms with Gasteiger partial charge in [-0.25, -0.2) is 13.4 Å². The number of hydrazine groups is 1. The number of ether oxygens (including phenoxy) is 1. The quantitative estimate of drug-likeness (QED) is 0.495. The van der Waals surface area contributed by atoms with Crippen LogP contribution in [0.15, 0.2) is 0 Å². The summed E-state index contributed by atoms with van der Waals surface area (Å²) in [4.78, 5) is 0. The van der Waals surface area contributed by atoms with Gasteiger partial charge in [-0.1, -0.05) is 0 Å². The van der Waals surface area contributed by atoms with Crippen molar-refractivity contribution in [3.05, 3.63) is 0 Å². The Bertz CT molecular complexity index is 304. The van der Waals surface area contributed by atoms with Gasteiger partial charge in [0, 0.05) is 26.7 Å². The Morgan fingerprint density at radius 1 is 1.33 bits per heavy atom. The summed E-state index contributed by atoms with van der Waals surface area (Å²) in [6.07, 6.45) is 1.94. The summed E-state index contributed by atoms with van der Waals surface area (Å²) in [5.74, 6) is 5.69. The molecule has 1 saturated heterocycles. The maximum atomic E-state index is 11.4. The van der Waals surface area contributed by atoms with E-state index in [0.29, 0.717) is 13.2 Å². The second-order valence-electron chi connectivity index (χ2n) is 3.94. The van der Waals surface area contributed by atoms with Crippen LogP contribution in [0.1, 0.15) is 6.42 Å². The molecule has 1 fully saturated rings. The van der Waals surface area contributed by atoms with Gasteiger partial charge in [-0.3, -0.25) is 5.84 Å².